The molecular formula is C22H31ClN2O5. The Bertz CT molecular complexity index is 804. The number of benzene rings is 1. The highest BCUT2D eigenvalue weighted by Crippen LogP contribution is 2.41. The zero-order chi connectivity index (χ0) is 22.7. The number of hydrogen-bond donors (Lipinski definition) is 2. The largest absolute Gasteiger partial charge is 0.466 e. The predicted molar refractivity (Wildman–Crippen MR) is 117 cm³/mol. The maximum Gasteiger partial charge on any atom is 0.336 e. The van der Waals surface area contributed by atoms with Crippen molar-refractivity contribution in [1.29, 1.82) is 0 Å². The second kappa shape index (κ2) is 13.1. The first-order valence-corrected chi connectivity index (χ1v) is 10.3. The molecule has 2 rings (SSSR count). The van der Waals surface area contributed by atoms with Crippen LogP contribution in [0, 0.1) is 0 Å². The van der Waals surface area contributed by atoms with Crippen molar-refractivity contribution >= 4 is 23.5 Å². The summed E-state index contributed by atoms with van der Waals surface area (Å²) in [7, 11) is 1.29. The number of hydrogen-bond acceptors (Lipinski definition) is 7. The first-order valence-electron chi connectivity index (χ1n) is 9.94. The summed E-state index contributed by atoms with van der Waals surface area (Å²) < 4.78 is 15.8. The Hall–Kier alpha value is -2.35. The molecule has 7 nitrogen and oxygen atoms in total. The van der Waals surface area contributed by atoms with E-state index < -0.39 is 17.9 Å². The number of carbonyl (C=O) groups excluding carboxylic acids is 2. The normalized spacial score (nSPS) is 15.8. The third-order valence-corrected chi connectivity index (χ3v) is 4.61. The van der Waals surface area contributed by atoms with E-state index in [1.165, 1.54) is 7.11 Å². The summed E-state index contributed by atoms with van der Waals surface area (Å²) in [6.07, 6.45) is 0. The molecule has 1 aliphatic heterocycles. The summed E-state index contributed by atoms with van der Waals surface area (Å²) in [6, 6.07) is 7.05. The Kier molecular flexibility index (Phi) is 11.2. The van der Waals surface area contributed by atoms with Crippen molar-refractivity contribution in [2.75, 3.05) is 33.5 Å². The number of ether oxygens (including phenoxy) is 3. The van der Waals surface area contributed by atoms with E-state index in [9.17, 15) is 9.59 Å². The third-order valence-electron chi connectivity index (χ3n) is 4.27. The summed E-state index contributed by atoms with van der Waals surface area (Å²) in [5.41, 5.74) is 7.70. The van der Waals surface area contributed by atoms with Gasteiger partial charge in [0.05, 0.1) is 49.7 Å². The Morgan fingerprint density at radius 3 is 2.40 bits per heavy atom. The summed E-state index contributed by atoms with van der Waals surface area (Å²) in [4.78, 5) is 25.5. The van der Waals surface area contributed by atoms with Gasteiger partial charge in [-0.15, -0.1) is 0 Å². The quantitative estimate of drug-likeness (QED) is 0.474. The molecule has 1 aliphatic rings. The van der Waals surface area contributed by atoms with Crippen LogP contribution in [0.3, 0.4) is 0 Å². The van der Waals surface area contributed by atoms with Crippen molar-refractivity contribution < 1.29 is 23.8 Å². The van der Waals surface area contributed by atoms with Crippen LogP contribution < -0.4 is 11.1 Å². The van der Waals surface area contributed by atoms with Crippen LogP contribution in [0.5, 0.6) is 0 Å². The van der Waals surface area contributed by atoms with Crippen molar-refractivity contribution in [1.82, 2.24) is 5.32 Å². The Balaban J connectivity index is 0.00000218. The molecule has 0 bridgehead atoms. The van der Waals surface area contributed by atoms with Gasteiger partial charge in [0.25, 0.3) is 0 Å². The molecular weight excluding hydrogens is 408 g/mol. The second-order valence-corrected chi connectivity index (χ2v) is 6.47. The summed E-state index contributed by atoms with van der Waals surface area (Å²) in [5.74, 6) is -1.86. The van der Waals surface area contributed by atoms with E-state index >= 15 is 0 Å². The molecule has 0 saturated heterocycles. The molecule has 0 saturated carbocycles. The van der Waals surface area contributed by atoms with Gasteiger partial charge >= 0.3 is 11.9 Å². The lowest BCUT2D eigenvalue weighted by molar-refractivity contribution is -0.139. The van der Waals surface area contributed by atoms with Gasteiger partial charge in [0.15, 0.2) is 0 Å². The molecule has 0 aliphatic carbocycles. The summed E-state index contributed by atoms with van der Waals surface area (Å²) in [6.45, 7) is 8.42. The molecule has 0 unspecified atom stereocenters. The maximum atomic E-state index is 12.9. The lowest BCUT2D eigenvalue weighted by Gasteiger charge is -2.31. The van der Waals surface area contributed by atoms with Crippen LogP contribution in [-0.4, -0.2) is 45.4 Å². The van der Waals surface area contributed by atoms with Gasteiger partial charge in [-0.2, -0.15) is 0 Å². The van der Waals surface area contributed by atoms with Crippen molar-refractivity contribution in [2.45, 2.75) is 33.6 Å². The van der Waals surface area contributed by atoms with Crippen LogP contribution in [0.25, 0.3) is 0 Å². The van der Waals surface area contributed by atoms with Gasteiger partial charge in [0.1, 0.15) is 0 Å². The number of nitrogens with one attached hydrogen (secondary N) is 1. The predicted octanol–water partition coefficient (Wildman–Crippen LogP) is 3.29. The molecule has 0 aromatic heterocycles. The molecule has 0 fully saturated rings. The molecule has 30 heavy (non-hydrogen) atoms. The van der Waals surface area contributed by atoms with Gasteiger partial charge in [0, 0.05) is 17.3 Å². The Morgan fingerprint density at radius 2 is 1.83 bits per heavy atom. The highest BCUT2D eigenvalue weighted by molar-refractivity contribution is 6.31. The third kappa shape index (κ3) is 6.08. The van der Waals surface area contributed by atoms with Crippen LogP contribution in [0.2, 0.25) is 5.02 Å². The van der Waals surface area contributed by atoms with E-state index in [1.54, 1.807) is 38.1 Å². The number of rotatable bonds is 8. The van der Waals surface area contributed by atoms with Crippen molar-refractivity contribution in [3.05, 3.63) is 57.4 Å². The minimum absolute atomic E-state index is 0.109. The van der Waals surface area contributed by atoms with Crippen LogP contribution >= 0.6 is 11.6 Å². The first kappa shape index (κ1) is 25.7. The fourth-order valence-corrected chi connectivity index (χ4v) is 3.36. The Morgan fingerprint density at radius 1 is 1.17 bits per heavy atom. The molecule has 0 radical (unpaired) electrons. The number of halogens is 1. The van der Waals surface area contributed by atoms with E-state index in [1.807, 2.05) is 13.8 Å². The highest BCUT2D eigenvalue weighted by atomic mass is 35.5. The van der Waals surface area contributed by atoms with Crippen LogP contribution in [-0.2, 0) is 23.8 Å². The van der Waals surface area contributed by atoms with Crippen molar-refractivity contribution in [3.63, 3.8) is 0 Å². The molecule has 166 valence electrons. The number of carbonyl (C=O) groups is 2. The lowest BCUT2D eigenvalue weighted by Crippen LogP contribution is -2.35. The first-order chi connectivity index (χ1) is 14.5. The smallest absolute Gasteiger partial charge is 0.336 e. The van der Waals surface area contributed by atoms with Gasteiger partial charge in [-0.25, -0.2) is 9.59 Å². The number of allylic oxidation sites excluding steroid dienone is 1. The minimum Gasteiger partial charge on any atom is -0.466 e. The van der Waals surface area contributed by atoms with Gasteiger partial charge in [-0.3, -0.25) is 0 Å². The number of esters is 2. The molecule has 1 aromatic carbocycles. The van der Waals surface area contributed by atoms with Crippen LogP contribution in [0.15, 0.2) is 46.8 Å². The number of dihydropyridines is 1. The van der Waals surface area contributed by atoms with Gasteiger partial charge in [-0.05, 0) is 25.5 Å². The van der Waals surface area contributed by atoms with Gasteiger partial charge < -0.3 is 25.3 Å². The van der Waals surface area contributed by atoms with E-state index in [0.29, 0.717) is 40.7 Å². The standard InChI is InChI=1S/C20H25ClN2O5.C2H6/c1-4-28-20(25)18-15(11-27-10-9-22)23-12(2)16(19(24)26-3)17(18)13-7-5-6-8-14(13)21;1-2/h5-8,17,23H,4,9-11,22H2,1-3H3;1-2H3/t17-;/m1./s1. The SMILES string of the molecule is CC.CCOC(=O)C1=C(COCCN)NC(C)=C(C(=O)OC)[C@H]1c1ccccc1Cl. The fourth-order valence-electron chi connectivity index (χ4n) is 3.12. The average Bonchev–Trinajstić information content (AvgIpc) is 2.75. The summed E-state index contributed by atoms with van der Waals surface area (Å²) in [5, 5.41) is 3.52. The fraction of sp³-hybridized carbons (Fsp3) is 0.455. The van der Waals surface area contributed by atoms with Gasteiger partial charge in [0.2, 0.25) is 0 Å². The van der Waals surface area contributed by atoms with Gasteiger partial charge in [-0.1, -0.05) is 43.6 Å². The molecule has 0 amide bonds. The monoisotopic (exact) mass is 438 g/mol. The Labute approximate surface area is 183 Å². The topological polar surface area (TPSA) is 99.9 Å². The zero-order valence-electron chi connectivity index (χ0n) is 18.2. The molecule has 1 aromatic rings. The second-order valence-electron chi connectivity index (χ2n) is 6.06. The number of nitrogens with two attached hydrogens (primary N) is 1. The lowest BCUT2D eigenvalue weighted by atomic mass is 9.80. The van der Waals surface area contributed by atoms with Crippen LogP contribution in [0.4, 0.5) is 0 Å². The van der Waals surface area contributed by atoms with E-state index in [2.05, 4.69) is 5.32 Å². The van der Waals surface area contributed by atoms with Crippen molar-refractivity contribution in [2.24, 2.45) is 5.73 Å². The van der Waals surface area contributed by atoms with E-state index in [0.717, 1.165) is 0 Å². The van der Waals surface area contributed by atoms with E-state index in [4.69, 9.17) is 31.5 Å². The van der Waals surface area contributed by atoms with E-state index in [-0.39, 0.29) is 18.8 Å². The number of methoxy groups -OCH3 is 1. The minimum atomic E-state index is -0.752. The molecule has 8 heteroatoms. The van der Waals surface area contributed by atoms with Crippen molar-refractivity contribution in [3.8, 4) is 0 Å². The highest BCUT2D eigenvalue weighted by Gasteiger charge is 2.39. The average molecular weight is 439 g/mol. The molecule has 1 heterocycles. The van der Waals surface area contributed by atoms with Crippen LogP contribution in [0.1, 0.15) is 39.2 Å². The summed E-state index contributed by atoms with van der Waals surface area (Å²) >= 11 is 6.42. The molecule has 3 N–H and O–H groups in total. The maximum absolute atomic E-state index is 12.9. The zero-order valence-corrected chi connectivity index (χ0v) is 19.0. The molecule has 1 atom stereocenters. The molecule has 0 spiro atoms.